The van der Waals surface area contributed by atoms with Gasteiger partial charge in [0, 0.05) is 22.5 Å². The number of carboxylic acid groups (broad SMARTS) is 1. The molecule has 4 nitrogen and oxygen atoms in total. The van der Waals surface area contributed by atoms with Crippen molar-refractivity contribution in [2.75, 3.05) is 6.54 Å². The molecular weight excluding hydrogens is 457 g/mol. The highest BCUT2D eigenvalue weighted by atomic mass is 35.5. The number of carbonyl (C=O) groups is 1. The molecule has 4 atom stereocenters. The fraction of sp³-hybridized carbons (Fsp3) is 0.417. The smallest absolute Gasteiger partial charge is 0.321 e. The van der Waals surface area contributed by atoms with E-state index in [1.807, 2.05) is 13.8 Å². The first-order chi connectivity index (χ1) is 15.0. The Hall–Kier alpha value is -2.20. The lowest BCUT2D eigenvalue weighted by atomic mass is 9.62. The van der Waals surface area contributed by atoms with Crippen LogP contribution in [0.4, 0.5) is 8.78 Å². The standard InChI is InChI=1S/C24H22Cl2F2N2O2/c1-23(2)8-9-30-18(11-23)24(12-29,15-7-6-13(25)10-17(15)27)19(21(30)22(31)32)14-4-3-5-16(26)20(14)28/h3-7,10,18-19,21H,8-9,11H2,1-2H3,(H,31,32). The lowest BCUT2D eigenvalue weighted by molar-refractivity contribution is -0.144. The van der Waals surface area contributed by atoms with E-state index in [1.54, 1.807) is 4.90 Å². The van der Waals surface area contributed by atoms with E-state index in [0.29, 0.717) is 19.4 Å². The van der Waals surface area contributed by atoms with Crippen molar-refractivity contribution in [3.05, 3.63) is 69.2 Å². The summed E-state index contributed by atoms with van der Waals surface area (Å²) in [7, 11) is 0. The first-order valence-electron chi connectivity index (χ1n) is 10.3. The van der Waals surface area contributed by atoms with Crippen LogP contribution in [0.1, 0.15) is 43.7 Å². The average molecular weight is 479 g/mol. The molecule has 2 aliphatic heterocycles. The first-order valence-corrected chi connectivity index (χ1v) is 11.1. The van der Waals surface area contributed by atoms with Crippen LogP contribution in [0.2, 0.25) is 10.0 Å². The van der Waals surface area contributed by atoms with Gasteiger partial charge < -0.3 is 5.11 Å². The summed E-state index contributed by atoms with van der Waals surface area (Å²) in [5.74, 6) is -3.89. The van der Waals surface area contributed by atoms with Gasteiger partial charge in [-0.15, -0.1) is 0 Å². The number of benzene rings is 2. The molecule has 32 heavy (non-hydrogen) atoms. The number of nitrogens with zero attached hydrogens (tertiary/aromatic N) is 2. The normalized spacial score (nSPS) is 29.3. The maximum Gasteiger partial charge on any atom is 0.321 e. The maximum absolute atomic E-state index is 15.4. The van der Waals surface area contributed by atoms with Crippen LogP contribution >= 0.6 is 23.2 Å². The Bertz CT molecular complexity index is 1130. The number of aliphatic carboxylic acids is 1. The first kappa shape index (κ1) is 23.0. The summed E-state index contributed by atoms with van der Waals surface area (Å²) in [6, 6.07) is 8.71. The fourth-order valence-corrected chi connectivity index (χ4v) is 5.91. The summed E-state index contributed by atoms with van der Waals surface area (Å²) in [6.07, 6.45) is 1.15. The summed E-state index contributed by atoms with van der Waals surface area (Å²) < 4.78 is 30.7. The van der Waals surface area contributed by atoms with Crippen molar-refractivity contribution >= 4 is 29.2 Å². The van der Waals surface area contributed by atoms with E-state index < -0.39 is 41.0 Å². The van der Waals surface area contributed by atoms with Crippen molar-refractivity contribution in [1.29, 1.82) is 5.26 Å². The number of piperidine rings is 1. The highest BCUT2D eigenvalue weighted by Gasteiger charge is 2.66. The molecule has 0 bridgehead atoms. The third-order valence-electron chi connectivity index (χ3n) is 7.01. The zero-order chi connectivity index (χ0) is 23.4. The van der Waals surface area contributed by atoms with Gasteiger partial charge in [0.15, 0.2) is 0 Å². The van der Waals surface area contributed by atoms with Crippen LogP contribution < -0.4 is 0 Å². The molecule has 2 aromatic rings. The van der Waals surface area contributed by atoms with Gasteiger partial charge in [-0.05, 0) is 48.6 Å². The minimum Gasteiger partial charge on any atom is -0.480 e. The van der Waals surface area contributed by atoms with Gasteiger partial charge in [0.2, 0.25) is 0 Å². The number of nitriles is 1. The molecule has 2 aromatic carbocycles. The zero-order valence-corrected chi connectivity index (χ0v) is 19.1. The molecule has 0 aliphatic carbocycles. The van der Waals surface area contributed by atoms with E-state index in [1.165, 1.54) is 30.3 Å². The summed E-state index contributed by atoms with van der Waals surface area (Å²) in [6.45, 7) is 4.47. The van der Waals surface area contributed by atoms with Gasteiger partial charge >= 0.3 is 5.97 Å². The molecule has 4 rings (SSSR count). The van der Waals surface area contributed by atoms with Gasteiger partial charge in [-0.2, -0.15) is 5.26 Å². The van der Waals surface area contributed by atoms with Crippen LogP contribution in [-0.2, 0) is 10.2 Å². The van der Waals surface area contributed by atoms with Gasteiger partial charge in [0.05, 0.1) is 11.1 Å². The second-order valence-electron chi connectivity index (χ2n) is 9.38. The second-order valence-corrected chi connectivity index (χ2v) is 10.2. The Morgan fingerprint density at radius 3 is 2.59 bits per heavy atom. The Kier molecular flexibility index (Phi) is 5.73. The van der Waals surface area contributed by atoms with Crippen LogP contribution in [0, 0.1) is 28.4 Å². The molecule has 2 saturated heterocycles. The lowest BCUT2D eigenvalue weighted by Gasteiger charge is -2.45. The number of fused-ring (bicyclic) bond motifs is 1. The second kappa shape index (κ2) is 7.98. The highest BCUT2D eigenvalue weighted by molar-refractivity contribution is 6.31. The number of rotatable bonds is 3. The van der Waals surface area contributed by atoms with Crippen molar-refractivity contribution in [2.45, 2.75) is 50.1 Å². The Morgan fingerprint density at radius 2 is 1.97 bits per heavy atom. The van der Waals surface area contributed by atoms with Crippen LogP contribution in [-0.4, -0.2) is 34.6 Å². The lowest BCUT2D eigenvalue weighted by Crippen LogP contribution is -2.51. The highest BCUT2D eigenvalue weighted by Crippen LogP contribution is 2.58. The van der Waals surface area contributed by atoms with E-state index in [9.17, 15) is 15.2 Å². The Balaban J connectivity index is 2.08. The van der Waals surface area contributed by atoms with Crippen LogP contribution in [0.15, 0.2) is 36.4 Å². The molecule has 0 spiro atoms. The molecule has 0 amide bonds. The van der Waals surface area contributed by atoms with Crippen molar-refractivity contribution < 1.29 is 18.7 Å². The number of hydrogen-bond donors (Lipinski definition) is 1. The predicted molar refractivity (Wildman–Crippen MR) is 118 cm³/mol. The molecule has 4 unspecified atom stereocenters. The summed E-state index contributed by atoms with van der Waals surface area (Å²) in [5.41, 5.74) is -1.86. The van der Waals surface area contributed by atoms with Gasteiger partial charge in [-0.1, -0.05) is 55.2 Å². The van der Waals surface area contributed by atoms with Gasteiger partial charge in [-0.25, -0.2) is 8.78 Å². The molecule has 2 fully saturated rings. The molecule has 8 heteroatoms. The number of carboxylic acids is 1. The Morgan fingerprint density at radius 1 is 1.25 bits per heavy atom. The fourth-order valence-electron chi connectivity index (χ4n) is 5.57. The Labute approximate surface area is 195 Å². The third kappa shape index (κ3) is 3.39. The van der Waals surface area contributed by atoms with E-state index >= 15 is 8.78 Å². The minimum absolute atomic E-state index is 0.00648. The van der Waals surface area contributed by atoms with Crippen LogP contribution in [0.3, 0.4) is 0 Å². The van der Waals surface area contributed by atoms with E-state index in [0.717, 1.165) is 6.07 Å². The molecule has 0 radical (unpaired) electrons. The van der Waals surface area contributed by atoms with Crippen LogP contribution in [0.5, 0.6) is 0 Å². The summed E-state index contributed by atoms with van der Waals surface area (Å²) in [4.78, 5) is 14.3. The number of halogens is 4. The summed E-state index contributed by atoms with van der Waals surface area (Å²) in [5, 5.41) is 20.9. The molecule has 168 valence electrons. The van der Waals surface area contributed by atoms with Crippen molar-refractivity contribution in [3.63, 3.8) is 0 Å². The molecule has 0 aromatic heterocycles. The molecule has 1 N–H and O–H groups in total. The molecule has 0 saturated carbocycles. The molecule has 2 heterocycles. The van der Waals surface area contributed by atoms with Crippen LogP contribution in [0.25, 0.3) is 0 Å². The molecule has 2 aliphatic rings. The third-order valence-corrected chi connectivity index (χ3v) is 7.54. The topological polar surface area (TPSA) is 64.3 Å². The summed E-state index contributed by atoms with van der Waals surface area (Å²) >= 11 is 12.0. The zero-order valence-electron chi connectivity index (χ0n) is 17.6. The van der Waals surface area contributed by atoms with Crippen molar-refractivity contribution in [3.8, 4) is 6.07 Å². The van der Waals surface area contributed by atoms with Crippen molar-refractivity contribution in [2.24, 2.45) is 5.41 Å². The van der Waals surface area contributed by atoms with E-state index in [-0.39, 0.29) is 26.6 Å². The van der Waals surface area contributed by atoms with Crippen molar-refractivity contribution in [1.82, 2.24) is 4.90 Å². The molecular formula is C24H22Cl2F2N2O2. The average Bonchev–Trinajstić information content (AvgIpc) is 2.99. The maximum atomic E-state index is 15.4. The predicted octanol–water partition coefficient (Wildman–Crippen LogP) is 5.77. The quantitative estimate of drug-likeness (QED) is 0.607. The van der Waals surface area contributed by atoms with E-state index in [4.69, 9.17) is 23.2 Å². The SMILES string of the molecule is CC1(C)CCN2C(C(=O)O)C(c3cccc(Cl)c3F)C(C#N)(c3ccc(Cl)cc3F)C2C1. The van der Waals surface area contributed by atoms with Gasteiger partial charge in [0.25, 0.3) is 0 Å². The largest absolute Gasteiger partial charge is 0.480 e. The van der Waals surface area contributed by atoms with Gasteiger partial charge in [-0.3, -0.25) is 9.69 Å². The monoisotopic (exact) mass is 478 g/mol. The number of hydrogen-bond acceptors (Lipinski definition) is 3. The van der Waals surface area contributed by atoms with E-state index in [2.05, 4.69) is 6.07 Å². The minimum atomic E-state index is -1.67. The van der Waals surface area contributed by atoms with Gasteiger partial charge in [0.1, 0.15) is 23.1 Å².